The summed E-state index contributed by atoms with van der Waals surface area (Å²) in [4.78, 5) is 29.5. The monoisotopic (exact) mass is 396 g/mol. The molecule has 0 aliphatic carbocycles. The van der Waals surface area contributed by atoms with Crippen molar-refractivity contribution >= 4 is 6.40 Å². The first-order valence-corrected chi connectivity index (χ1v) is 8.84. The van der Waals surface area contributed by atoms with E-state index in [1.165, 1.54) is 25.1 Å². The van der Waals surface area contributed by atoms with E-state index in [9.17, 15) is 14.9 Å². The lowest BCUT2D eigenvalue weighted by Crippen LogP contribution is -2.42. The number of aliphatic imine (C=N–C) groups is 1. The van der Waals surface area contributed by atoms with Crippen molar-refractivity contribution < 1.29 is 14.2 Å². The molecule has 0 saturated heterocycles. The largest absolute Gasteiger partial charge is 0.497 e. The van der Waals surface area contributed by atoms with Crippen LogP contribution < -0.4 is 20.7 Å². The van der Waals surface area contributed by atoms with Crippen molar-refractivity contribution in [2.75, 3.05) is 13.7 Å². The standard InChI is InChI=1S/C20H20N4O5/c1-5-28-11-22-17-14(10-21)15(12-6-8-13(27-4)9-7-12)16-18(25)23(2)20(26)24(3)19(16)29-17/h6-9,11,15H,5H2,1-4H3. The minimum Gasteiger partial charge on any atom is -0.497 e. The predicted molar refractivity (Wildman–Crippen MR) is 105 cm³/mol. The number of nitrogens with zero attached hydrogens (tertiary/aromatic N) is 4. The summed E-state index contributed by atoms with van der Waals surface area (Å²) in [5.41, 5.74) is -0.104. The highest BCUT2D eigenvalue weighted by molar-refractivity contribution is 5.57. The van der Waals surface area contributed by atoms with Crippen LogP contribution in [-0.4, -0.2) is 29.3 Å². The van der Waals surface area contributed by atoms with Crippen molar-refractivity contribution in [1.29, 1.82) is 5.26 Å². The van der Waals surface area contributed by atoms with Crippen LogP contribution in [0.15, 0.2) is 50.3 Å². The normalized spacial score (nSPS) is 15.6. The number of ether oxygens (including phenoxy) is 3. The Bertz CT molecular complexity index is 1150. The quantitative estimate of drug-likeness (QED) is 0.559. The smallest absolute Gasteiger partial charge is 0.333 e. The minimum atomic E-state index is -0.770. The van der Waals surface area contributed by atoms with Gasteiger partial charge in [-0.1, -0.05) is 12.1 Å². The van der Waals surface area contributed by atoms with E-state index in [0.717, 1.165) is 4.57 Å². The summed E-state index contributed by atoms with van der Waals surface area (Å²) >= 11 is 0. The van der Waals surface area contributed by atoms with Gasteiger partial charge in [0.25, 0.3) is 5.56 Å². The van der Waals surface area contributed by atoms with Gasteiger partial charge in [0.05, 0.1) is 25.2 Å². The second kappa shape index (κ2) is 8.06. The van der Waals surface area contributed by atoms with Crippen LogP contribution in [0.5, 0.6) is 11.6 Å². The molecule has 0 radical (unpaired) electrons. The topological polar surface area (TPSA) is 108 Å². The van der Waals surface area contributed by atoms with Crippen LogP contribution >= 0.6 is 0 Å². The Balaban J connectivity index is 2.33. The van der Waals surface area contributed by atoms with Gasteiger partial charge < -0.3 is 14.2 Å². The van der Waals surface area contributed by atoms with Crippen molar-refractivity contribution in [2.45, 2.75) is 12.8 Å². The van der Waals surface area contributed by atoms with E-state index in [1.807, 2.05) is 0 Å². The molecule has 0 amide bonds. The number of hydrogen-bond donors (Lipinski definition) is 0. The Morgan fingerprint density at radius 3 is 2.52 bits per heavy atom. The third-order valence-corrected chi connectivity index (χ3v) is 4.63. The van der Waals surface area contributed by atoms with Crippen molar-refractivity contribution in [1.82, 2.24) is 9.13 Å². The molecule has 1 aliphatic heterocycles. The molecular weight excluding hydrogens is 376 g/mol. The second-order valence-electron chi connectivity index (χ2n) is 6.25. The maximum atomic E-state index is 13.0. The van der Waals surface area contributed by atoms with E-state index in [-0.39, 0.29) is 22.9 Å². The number of nitriles is 1. The molecule has 2 aromatic rings. The Labute approximate surface area is 166 Å². The zero-order valence-corrected chi connectivity index (χ0v) is 16.5. The van der Waals surface area contributed by atoms with Crippen LogP contribution in [0, 0.1) is 11.3 Å². The number of methoxy groups -OCH3 is 1. The van der Waals surface area contributed by atoms with Crippen molar-refractivity contribution in [3.63, 3.8) is 0 Å². The first kappa shape index (κ1) is 19.9. The summed E-state index contributed by atoms with van der Waals surface area (Å²) in [6.45, 7) is 2.17. The fraction of sp³-hybridized carbons (Fsp3) is 0.300. The summed E-state index contributed by atoms with van der Waals surface area (Å²) in [6.07, 6.45) is 1.17. The van der Waals surface area contributed by atoms with Crippen molar-refractivity contribution in [3.8, 4) is 17.7 Å². The molecule has 1 aromatic carbocycles. The van der Waals surface area contributed by atoms with Gasteiger partial charge in [0.15, 0.2) is 6.40 Å². The number of hydrogen-bond acceptors (Lipinski definition) is 7. The van der Waals surface area contributed by atoms with Gasteiger partial charge in [0, 0.05) is 14.1 Å². The third-order valence-electron chi connectivity index (χ3n) is 4.63. The lowest BCUT2D eigenvalue weighted by molar-refractivity contribution is 0.326. The lowest BCUT2D eigenvalue weighted by Gasteiger charge is -2.27. The summed E-state index contributed by atoms with van der Waals surface area (Å²) in [7, 11) is 4.42. The molecule has 1 aromatic heterocycles. The fourth-order valence-corrected chi connectivity index (χ4v) is 3.13. The number of rotatable bonds is 5. The first-order valence-electron chi connectivity index (χ1n) is 8.84. The molecule has 1 unspecified atom stereocenters. The number of aromatic nitrogens is 2. The van der Waals surface area contributed by atoms with Gasteiger partial charge in [-0.15, -0.1) is 0 Å². The van der Waals surface area contributed by atoms with Gasteiger partial charge in [-0.05, 0) is 24.6 Å². The summed E-state index contributed by atoms with van der Waals surface area (Å²) < 4.78 is 18.2. The molecule has 1 aliphatic rings. The Kier molecular flexibility index (Phi) is 5.54. The summed E-state index contributed by atoms with van der Waals surface area (Å²) in [5.74, 6) is -0.125. The van der Waals surface area contributed by atoms with Gasteiger partial charge in [-0.25, -0.2) is 4.79 Å². The molecule has 0 N–H and O–H groups in total. The molecule has 9 nitrogen and oxygen atoms in total. The average Bonchev–Trinajstić information content (AvgIpc) is 2.75. The third kappa shape index (κ3) is 3.40. The van der Waals surface area contributed by atoms with E-state index < -0.39 is 17.2 Å². The molecular formula is C20H20N4O5. The average molecular weight is 396 g/mol. The lowest BCUT2D eigenvalue weighted by atomic mass is 9.85. The van der Waals surface area contributed by atoms with Crippen LogP contribution in [0.25, 0.3) is 0 Å². The van der Waals surface area contributed by atoms with Gasteiger partial charge in [0.2, 0.25) is 11.8 Å². The second-order valence-corrected chi connectivity index (χ2v) is 6.25. The maximum Gasteiger partial charge on any atom is 0.333 e. The highest BCUT2D eigenvalue weighted by Gasteiger charge is 2.36. The molecule has 2 heterocycles. The first-order chi connectivity index (χ1) is 13.9. The molecule has 3 rings (SSSR count). The highest BCUT2D eigenvalue weighted by Crippen LogP contribution is 2.41. The fourth-order valence-electron chi connectivity index (χ4n) is 3.13. The molecule has 150 valence electrons. The SMILES string of the molecule is CCOC=NC1=C(C#N)C(c2ccc(OC)cc2)c2c(n(C)c(=O)n(C)c2=O)O1. The number of fused-ring (bicyclic) bond motifs is 1. The van der Waals surface area contributed by atoms with E-state index in [1.54, 1.807) is 38.3 Å². The maximum absolute atomic E-state index is 13.0. The van der Waals surface area contributed by atoms with Crippen LogP contribution in [0.2, 0.25) is 0 Å². The Hall–Kier alpha value is -3.80. The molecule has 9 heteroatoms. The summed E-state index contributed by atoms with van der Waals surface area (Å²) in [5, 5.41) is 9.86. The Morgan fingerprint density at radius 2 is 1.93 bits per heavy atom. The highest BCUT2D eigenvalue weighted by atomic mass is 16.5. The van der Waals surface area contributed by atoms with Crippen molar-refractivity contribution in [3.05, 3.63) is 67.7 Å². The number of allylic oxidation sites excluding steroid dienone is 1. The van der Waals surface area contributed by atoms with Crippen LogP contribution in [0.3, 0.4) is 0 Å². The van der Waals surface area contributed by atoms with Crippen LogP contribution in [0.1, 0.15) is 24.0 Å². The van der Waals surface area contributed by atoms with E-state index in [4.69, 9.17) is 14.2 Å². The van der Waals surface area contributed by atoms with Crippen LogP contribution in [-0.2, 0) is 18.8 Å². The molecule has 0 fully saturated rings. The predicted octanol–water partition coefficient (Wildman–Crippen LogP) is 1.42. The molecule has 29 heavy (non-hydrogen) atoms. The van der Waals surface area contributed by atoms with E-state index >= 15 is 0 Å². The minimum absolute atomic E-state index is 0.0301. The molecule has 0 bridgehead atoms. The van der Waals surface area contributed by atoms with Gasteiger partial charge in [-0.2, -0.15) is 10.3 Å². The van der Waals surface area contributed by atoms with E-state index in [2.05, 4.69) is 11.1 Å². The number of benzene rings is 1. The van der Waals surface area contributed by atoms with E-state index in [0.29, 0.717) is 17.9 Å². The Morgan fingerprint density at radius 1 is 1.24 bits per heavy atom. The van der Waals surface area contributed by atoms with Crippen LogP contribution in [0.4, 0.5) is 0 Å². The molecule has 0 saturated carbocycles. The van der Waals surface area contributed by atoms with Gasteiger partial charge in [-0.3, -0.25) is 13.9 Å². The van der Waals surface area contributed by atoms with Gasteiger partial charge in [0.1, 0.15) is 17.4 Å². The molecule has 0 spiro atoms. The van der Waals surface area contributed by atoms with Crippen molar-refractivity contribution in [2.24, 2.45) is 19.1 Å². The zero-order valence-electron chi connectivity index (χ0n) is 16.5. The summed E-state index contributed by atoms with van der Waals surface area (Å²) in [6, 6.07) is 9.07. The molecule has 1 atom stereocenters. The van der Waals surface area contributed by atoms with Gasteiger partial charge >= 0.3 is 5.69 Å². The zero-order chi connectivity index (χ0) is 21.1.